The van der Waals surface area contributed by atoms with Crippen LogP contribution >= 0.6 is 0 Å². The van der Waals surface area contributed by atoms with Gasteiger partial charge in [-0.2, -0.15) is 0 Å². The maximum absolute atomic E-state index is 6.20. The molecular formula is C14H28O. The SMILES string of the molecule is CC1CCC(OC(C)(C)C)C(C(C)C)C1. The topological polar surface area (TPSA) is 9.23 Å². The van der Waals surface area contributed by atoms with Gasteiger partial charge in [-0.05, 0) is 57.8 Å². The van der Waals surface area contributed by atoms with E-state index < -0.39 is 0 Å². The molecule has 0 aromatic rings. The fraction of sp³-hybridized carbons (Fsp3) is 1.00. The Bertz CT molecular complexity index is 190. The molecule has 1 rings (SSSR count). The van der Waals surface area contributed by atoms with Crippen LogP contribution in [-0.2, 0) is 4.74 Å². The van der Waals surface area contributed by atoms with Gasteiger partial charge in [-0.25, -0.2) is 0 Å². The molecule has 0 heterocycles. The molecule has 0 aromatic heterocycles. The first-order chi connectivity index (χ1) is 6.79. The zero-order chi connectivity index (χ0) is 11.6. The molecule has 0 spiro atoms. The van der Waals surface area contributed by atoms with Crippen LogP contribution in [0.3, 0.4) is 0 Å². The Balaban J connectivity index is 2.61. The van der Waals surface area contributed by atoms with Crippen molar-refractivity contribution in [3.05, 3.63) is 0 Å². The van der Waals surface area contributed by atoms with Gasteiger partial charge in [0.05, 0.1) is 11.7 Å². The zero-order valence-corrected chi connectivity index (χ0v) is 11.3. The fourth-order valence-corrected chi connectivity index (χ4v) is 2.70. The van der Waals surface area contributed by atoms with Crippen LogP contribution in [-0.4, -0.2) is 11.7 Å². The molecule has 15 heavy (non-hydrogen) atoms. The molecule has 1 fully saturated rings. The van der Waals surface area contributed by atoms with Gasteiger partial charge in [0.25, 0.3) is 0 Å². The Morgan fingerprint density at radius 3 is 2.20 bits per heavy atom. The fourth-order valence-electron chi connectivity index (χ4n) is 2.70. The lowest BCUT2D eigenvalue weighted by molar-refractivity contribution is -0.112. The van der Waals surface area contributed by atoms with Crippen LogP contribution in [0.5, 0.6) is 0 Å². The molecule has 1 aliphatic rings. The first-order valence-corrected chi connectivity index (χ1v) is 6.47. The molecule has 0 saturated heterocycles. The minimum absolute atomic E-state index is 0.0123. The van der Waals surface area contributed by atoms with E-state index in [9.17, 15) is 0 Å². The molecule has 1 heteroatoms. The van der Waals surface area contributed by atoms with E-state index in [0.717, 1.165) is 17.8 Å². The van der Waals surface area contributed by atoms with Crippen molar-refractivity contribution in [1.82, 2.24) is 0 Å². The highest BCUT2D eigenvalue weighted by atomic mass is 16.5. The Morgan fingerprint density at radius 1 is 1.13 bits per heavy atom. The van der Waals surface area contributed by atoms with Crippen molar-refractivity contribution >= 4 is 0 Å². The lowest BCUT2D eigenvalue weighted by Crippen LogP contribution is -2.39. The van der Waals surface area contributed by atoms with Gasteiger partial charge in [-0.15, -0.1) is 0 Å². The van der Waals surface area contributed by atoms with Crippen LogP contribution in [0.25, 0.3) is 0 Å². The molecule has 0 aromatic carbocycles. The zero-order valence-electron chi connectivity index (χ0n) is 11.3. The summed E-state index contributed by atoms with van der Waals surface area (Å²) in [4.78, 5) is 0. The van der Waals surface area contributed by atoms with Gasteiger partial charge < -0.3 is 4.74 Å². The second-order valence-corrected chi connectivity index (χ2v) is 6.59. The number of hydrogen-bond donors (Lipinski definition) is 0. The van der Waals surface area contributed by atoms with Crippen LogP contribution in [0.2, 0.25) is 0 Å². The third-order valence-electron chi connectivity index (χ3n) is 3.46. The number of ether oxygens (including phenoxy) is 1. The van der Waals surface area contributed by atoms with Crippen molar-refractivity contribution in [3.63, 3.8) is 0 Å². The highest BCUT2D eigenvalue weighted by molar-refractivity contribution is 4.83. The molecule has 1 nitrogen and oxygen atoms in total. The molecule has 90 valence electrons. The highest BCUT2D eigenvalue weighted by Gasteiger charge is 2.33. The van der Waals surface area contributed by atoms with E-state index >= 15 is 0 Å². The highest BCUT2D eigenvalue weighted by Crippen LogP contribution is 2.37. The Kier molecular flexibility index (Phi) is 4.22. The van der Waals surface area contributed by atoms with Crippen molar-refractivity contribution in [3.8, 4) is 0 Å². The molecule has 0 radical (unpaired) electrons. The number of rotatable bonds is 2. The first-order valence-electron chi connectivity index (χ1n) is 6.47. The second-order valence-electron chi connectivity index (χ2n) is 6.59. The minimum Gasteiger partial charge on any atom is -0.372 e. The average molecular weight is 212 g/mol. The van der Waals surface area contributed by atoms with Gasteiger partial charge in [0.15, 0.2) is 0 Å². The lowest BCUT2D eigenvalue weighted by atomic mass is 9.75. The maximum Gasteiger partial charge on any atom is 0.0613 e. The Morgan fingerprint density at radius 2 is 1.73 bits per heavy atom. The van der Waals surface area contributed by atoms with Gasteiger partial charge in [-0.1, -0.05) is 20.8 Å². The van der Waals surface area contributed by atoms with Crippen molar-refractivity contribution in [2.45, 2.75) is 72.5 Å². The molecule has 1 saturated carbocycles. The molecule has 0 aliphatic heterocycles. The summed E-state index contributed by atoms with van der Waals surface area (Å²) >= 11 is 0. The normalized spacial score (nSPS) is 33.4. The molecule has 0 N–H and O–H groups in total. The Labute approximate surface area is 95.6 Å². The molecule has 3 unspecified atom stereocenters. The van der Waals surface area contributed by atoms with Crippen molar-refractivity contribution in [2.75, 3.05) is 0 Å². The summed E-state index contributed by atoms with van der Waals surface area (Å²) in [5.74, 6) is 2.39. The summed E-state index contributed by atoms with van der Waals surface area (Å²) < 4.78 is 6.20. The van der Waals surface area contributed by atoms with Gasteiger partial charge >= 0.3 is 0 Å². The van der Waals surface area contributed by atoms with Crippen LogP contribution in [0.15, 0.2) is 0 Å². The second kappa shape index (κ2) is 4.86. The summed E-state index contributed by atoms with van der Waals surface area (Å²) in [6.45, 7) is 13.6. The van der Waals surface area contributed by atoms with Crippen LogP contribution in [0.4, 0.5) is 0 Å². The summed E-state index contributed by atoms with van der Waals surface area (Å²) in [6.07, 6.45) is 4.42. The van der Waals surface area contributed by atoms with E-state index in [1.165, 1.54) is 19.3 Å². The van der Waals surface area contributed by atoms with Crippen LogP contribution in [0, 0.1) is 17.8 Å². The number of hydrogen-bond acceptors (Lipinski definition) is 1. The molecule has 0 amide bonds. The van der Waals surface area contributed by atoms with Crippen molar-refractivity contribution < 1.29 is 4.74 Å². The summed E-state index contributed by atoms with van der Waals surface area (Å²) in [7, 11) is 0. The van der Waals surface area contributed by atoms with Crippen LogP contribution in [0.1, 0.15) is 60.8 Å². The summed E-state index contributed by atoms with van der Waals surface area (Å²) in [6, 6.07) is 0. The predicted molar refractivity (Wildman–Crippen MR) is 66.0 cm³/mol. The third kappa shape index (κ3) is 4.14. The smallest absolute Gasteiger partial charge is 0.0613 e. The molecule has 0 bridgehead atoms. The maximum atomic E-state index is 6.20. The first kappa shape index (κ1) is 13.0. The van der Waals surface area contributed by atoms with Gasteiger partial charge in [0.1, 0.15) is 0 Å². The van der Waals surface area contributed by atoms with Gasteiger partial charge in [-0.3, -0.25) is 0 Å². The lowest BCUT2D eigenvalue weighted by Gasteiger charge is -2.40. The van der Waals surface area contributed by atoms with E-state index in [-0.39, 0.29) is 5.60 Å². The van der Waals surface area contributed by atoms with E-state index in [2.05, 4.69) is 41.5 Å². The van der Waals surface area contributed by atoms with E-state index in [1.807, 2.05) is 0 Å². The van der Waals surface area contributed by atoms with Gasteiger partial charge in [0.2, 0.25) is 0 Å². The van der Waals surface area contributed by atoms with Crippen LogP contribution < -0.4 is 0 Å². The quantitative estimate of drug-likeness (QED) is 0.664. The van der Waals surface area contributed by atoms with Crippen molar-refractivity contribution in [2.24, 2.45) is 17.8 Å². The van der Waals surface area contributed by atoms with E-state index in [0.29, 0.717) is 6.10 Å². The standard InChI is InChI=1S/C14H28O/c1-10(2)12-9-11(3)7-8-13(12)15-14(4,5)6/h10-13H,7-9H2,1-6H3. The minimum atomic E-state index is 0.0123. The van der Waals surface area contributed by atoms with E-state index in [4.69, 9.17) is 4.74 Å². The average Bonchev–Trinajstić information content (AvgIpc) is 2.05. The largest absolute Gasteiger partial charge is 0.372 e. The van der Waals surface area contributed by atoms with E-state index in [1.54, 1.807) is 0 Å². The predicted octanol–water partition coefficient (Wildman–Crippen LogP) is 4.26. The Hall–Kier alpha value is -0.0400. The monoisotopic (exact) mass is 212 g/mol. The summed E-state index contributed by atoms with van der Waals surface area (Å²) in [5, 5.41) is 0. The molecule has 3 atom stereocenters. The summed E-state index contributed by atoms with van der Waals surface area (Å²) in [5.41, 5.74) is 0.0123. The molecule has 1 aliphatic carbocycles. The van der Waals surface area contributed by atoms with Crippen molar-refractivity contribution in [1.29, 1.82) is 0 Å². The van der Waals surface area contributed by atoms with Gasteiger partial charge in [0, 0.05) is 0 Å². The molecular weight excluding hydrogens is 184 g/mol. The third-order valence-corrected chi connectivity index (χ3v) is 3.46.